The summed E-state index contributed by atoms with van der Waals surface area (Å²) in [5, 5.41) is 10.9. The van der Waals surface area contributed by atoms with E-state index in [0.29, 0.717) is 5.75 Å². The van der Waals surface area contributed by atoms with E-state index in [1.807, 2.05) is 13.0 Å². The van der Waals surface area contributed by atoms with Crippen LogP contribution in [0.15, 0.2) is 12.7 Å². The minimum absolute atomic E-state index is 0.0690. The average molecular weight is 316 g/mol. The number of phenols is 1. The van der Waals surface area contributed by atoms with E-state index in [1.54, 1.807) is 0 Å². The molecule has 0 bridgehead atoms. The molecule has 0 saturated heterocycles. The number of hydrogen-bond acceptors (Lipinski definition) is 2. The van der Waals surface area contributed by atoms with Crippen molar-refractivity contribution in [1.82, 2.24) is 0 Å². The molecule has 1 aliphatic rings. The van der Waals surface area contributed by atoms with E-state index < -0.39 is 0 Å². The molecule has 0 atom stereocenters. The Morgan fingerprint density at radius 1 is 1.26 bits per heavy atom. The van der Waals surface area contributed by atoms with Crippen molar-refractivity contribution in [2.24, 2.45) is 0 Å². The van der Waals surface area contributed by atoms with Crippen LogP contribution in [0.2, 0.25) is 0 Å². The Morgan fingerprint density at radius 2 is 1.91 bits per heavy atom. The van der Waals surface area contributed by atoms with Gasteiger partial charge in [-0.05, 0) is 76.3 Å². The molecule has 0 aliphatic carbocycles. The van der Waals surface area contributed by atoms with Crippen LogP contribution >= 0.6 is 0 Å². The van der Waals surface area contributed by atoms with Crippen LogP contribution in [-0.4, -0.2) is 10.7 Å². The normalized spacial score (nSPS) is 16.6. The average Bonchev–Trinajstić information content (AvgIpc) is 2.45. The quantitative estimate of drug-likeness (QED) is 0.554. The van der Waals surface area contributed by atoms with Crippen molar-refractivity contribution in [1.29, 1.82) is 0 Å². The Kier molecular flexibility index (Phi) is 4.84. The fraction of sp³-hybridized carbons (Fsp3) is 0.619. The Morgan fingerprint density at radius 3 is 2.52 bits per heavy atom. The lowest BCUT2D eigenvalue weighted by Crippen LogP contribution is -2.35. The van der Waals surface area contributed by atoms with Crippen LogP contribution in [-0.2, 0) is 11.8 Å². The van der Waals surface area contributed by atoms with Gasteiger partial charge in [-0.1, -0.05) is 19.9 Å². The van der Waals surface area contributed by atoms with E-state index in [-0.39, 0.29) is 11.0 Å². The van der Waals surface area contributed by atoms with Gasteiger partial charge in [0.1, 0.15) is 17.1 Å². The van der Waals surface area contributed by atoms with E-state index in [9.17, 15) is 5.11 Å². The lowest BCUT2D eigenvalue weighted by Gasteiger charge is -2.38. The fourth-order valence-electron chi connectivity index (χ4n) is 3.69. The second kappa shape index (κ2) is 6.22. The maximum Gasteiger partial charge on any atom is 0.127 e. The zero-order valence-electron chi connectivity index (χ0n) is 15.7. The predicted molar refractivity (Wildman–Crippen MR) is 97.7 cm³/mol. The van der Waals surface area contributed by atoms with Crippen LogP contribution < -0.4 is 4.74 Å². The molecule has 1 N–H and O–H groups in total. The predicted octanol–water partition coefficient (Wildman–Crippen LogP) is 5.75. The highest BCUT2D eigenvalue weighted by Gasteiger charge is 2.36. The number of benzene rings is 1. The highest BCUT2D eigenvalue weighted by Crippen LogP contribution is 2.48. The third kappa shape index (κ3) is 3.41. The second-order valence-electron chi connectivity index (χ2n) is 8.21. The van der Waals surface area contributed by atoms with Crippen LogP contribution in [0.3, 0.4) is 0 Å². The summed E-state index contributed by atoms with van der Waals surface area (Å²) in [5.74, 6) is 1.47. The first kappa shape index (κ1) is 17.9. The zero-order chi connectivity index (χ0) is 17.4. The minimum Gasteiger partial charge on any atom is -0.507 e. The van der Waals surface area contributed by atoms with Gasteiger partial charge in [0.15, 0.2) is 0 Å². The Labute approximate surface area is 141 Å². The monoisotopic (exact) mass is 316 g/mol. The van der Waals surface area contributed by atoms with Crippen molar-refractivity contribution >= 4 is 0 Å². The van der Waals surface area contributed by atoms with Gasteiger partial charge in [0, 0.05) is 11.1 Å². The van der Waals surface area contributed by atoms with Crippen LogP contribution in [0.25, 0.3) is 0 Å². The first-order chi connectivity index (χ1) is 10.6. The standard InChI is InChI=1S/C21H32O2/c1-8-9-10-12-20(4,5)17-16-11-13-21(6,7)23-19(16)15(3)14(2)18(17)22/h8,22H,1,9-13H2,2-7H3. The number of ether oxygens (including phenoxy) is 1. The Hall–Kier alpha value is -1.44. The van der Waals surface area contributed by atoms with Crippen molar-refractivity contribution in [3.05, 3.63) is 34.9 Å². The molecule has 2 heteroatoms. The molecule has 0 fully saturated rings. The maximum absolute atomic E-state index is 10.9. The van der Waals surface area contributed by atoms with E-state index in [4.69, 9.17) is 4.74 Å². The molecular formula is C21H32O2. The van der Waals surface area contributed by atoms with E-state index in [2.05, 4.69) is 41.2 Å². The van der Waals surface area contributed by atoms with Gasteiger partial charge in [-0.2, -0.15) is 0 Å². The SMILES string of the molecule is C=CCCCC(C)(C)c1c(O)c(C)c(C)c2c1CCC(C)(C)O2. The highest BCUT2D eigenvalue weighted by molar-refractivity contribution is 5.61. The molecule has 1 aliphatic heterocycles. The molecule has 0 saturated carbocycles. The van der Waals surface area contributed by atoms with Crippen molar-refractivity contribution in [3.63, 3.8) is 0 Å². The van der Waals surface area contributed by atoms with Gasteiger partial charge >= 0.3 is 0 Å². The van der Waals surface area contributed by atoms with E-state index >= 15 is 0 Å². The zero-order valence-corrected chi connectivity index (χ0v) is 15.7. The fourth-order valence-corrected chi connectivity index (χ4v) is 3.69. The highest BCUT2D eigenvalue weighted by atomic mass is 16.5. The summed E-state index contributed by atoms with van der Waals surface area (Å²) in [6.45, 7) is 16.6. The lowest BCUT2D eigenvalue weighted by atomic mass is 9.73. The summed E-state index contributed by atoms with van der Waals surface area (Å²) in [6.07, 6.45) is 7.06. The number of phenolic OH excluding ortho intramolecular Hbond substituents is 1. The van der Waals surface area contributed by atoms with Crippen LogP contribution in [0.1, 0.15) is 75.6 Å². The Bertz CT molecular complexity index is 609. The molecule has 1 aromatic carbocycles. The number of hydrogen-bond donors (Lipinski definition) is 1. The third-order valence-electron chi connectivity index (χ3n) is 5.31. The maximum atomic E-state index is 10.9. The van der Waals surface area contributed by atoms with Gasteiger partial charge < -0.3 is 9.84 Å². The van der Waals surface area contributed by atoms with Gasteiger partial charge in [0.05, 0.1) is 0 Å². The lowest BCUT2D eigenvalue weighted by molar-refractivity contribution is 0.0824. The molecule has 23 heavy (non-hydrogen) atoms. The molecule has 1 aromatic rings. The molecule has 128 valence electrons. The van der Waals surface area contributed by atoms with Gasteiger partial charge in [-0.3, -0.25) is 0 Å². The topological polar surface area (TPSA) is 29.5 Å². The first-order valence-corrected chi connectivity index (χ1v) is 8.76. The van der Waals surface area contributed by atoms with Crippen molar-refractivity contribution in [3.8, 4) is 11.5 Å². The van der Waals surface area contributed by atoms with E-state index in [0.717, 1.165) is 54.5 Å². The summed E-state index contributed by atoms with van der Waals surface area (Å²) in [7, 11) is 0. The number of aromatic hydroxyl groups is 1. The van der Waals surface area contributed by atoms with Gasteiger partial charge in [-0.25, -0.2) is 0 Å². The van der Waals surface area contributed by atoms with Crippen LogP contribution in [0, 0.1) is 13.8 Å². The number of rotatable bonds is 5. The number of fused-ring (bicyclic) bond motifs is 1. The molecule has 0 spiro atoms. The summed E-state index contributed by atoms with van der Waals surface area (Å²) < 4.78 is 6.32. The van der Waals surface area contributed by atoms with Gasteiger partial charge in [0.25, 0.3) is 0 Å². The van der Waals surface area contributed by atoms with Gasteiger partial charge in [0.2, 0.25) is 0 Å². The first-order valence-electron chi connectivity index (χ1n) is 8.76. The molecule has 0 aromatic heterocycles. The summed E-state index contributed by atoms with van der Waals surface area (Å²) in [6, 6.07) is 0. The van der Waals surface area contributed by atoms with Crippen molar-refractivity contribution in [2.45, 2.75) is 84.7 Å². The second-order valence-corrected chi connectivity index (χ2v) is 8.21. The third-order valence-corrected chi connectivity index (χ3v) is 5.31. The summed E-state index contributed by atoms with van der Waals surface area (Å²) >= 11 is 0. The molecular weight excluding hydrogens is 284 g/mol. The minimum atomic E-state index is -0.134. The van der Waals surface area contributed by atoms with Crippen LogP contribution in [0.4, 0.5) is 0 Å². The Balaban J connectivity index is 2.56. The summed E-state index contributed by atoms with van der Waals surface area (Å²) in [4.78, 5) is 0. The van der Waals surface area contributed by atoms with Crippen molar-refractivity contribution in [2.75, 3.05) is 0 Å². The molecule has 0 radical (unpaired) electrons. The van der Waals surface area contributed by atoms with Gasteiger partial charge in [-0.15, -0.1) is 6.58 Å². The molecule has 2 rings (SSSR count). The van der Waals surface area contributed by atoms with E-state index in [1.165, 1.54) is 5.56 Å². The number of unbranched alkanes of at least 4 members (excludes halogenated alkanes) is 1. The summed E-state index contributed by atoms with van der Waals surface area (Å²) in [5.41, 5.74) is 4.14. The van der Waals surface area contributed by atoms with Crippen molar-refractivity contribution < 1.29 is 9.84 Å². The largest absolute Gasteiger partial charge is 0.507 e. The molecule has 0 unspecified atom stereocenters. The number of allylic oxidation sites excluding steroid dienone is 1. The molecule has 2 nitrogen and oxygen atoms in total. The molecule has 0 amide bonds. The smallest absolute Gasteiger partial charge is 0.127 e. The molecule has 1 heterocycles. The van der Waals surface area contributed by atoms with Crippen LogP contribution in [0.5, 0.6) is 11.5 Å².